The highest BCUT2D eigenvalue weighted by atomic mass is 16.5. The fourth-order valence-electron chi connectivity index (χ4n) is 2.47. The van der Waals surface area contributed by atoms with Crippen LogP contribution in [-0.4, -0.2) is 26.7 Å². The average molecular weight is 327 g/mol. The molecule has 0 radical (unpaired) electrons. The van der Waals surface area contributed by atoms with Gasteiger partial charge in [-0.3, -0.25) is 4.79 Å². The van der Waals surface area contributed by atoms with Gasteiger partial charge in [0.1, 0.15) is 0 Å². The number of ether oxygens (including phenoxy) is 2. The summed E-state index contributed by atoms with van der Waals surface area (Å²) in [6.45, 7) is 4.95. The highest BCUT2D eigenvalue weighted by Crippen LogP contribution is 2.27. The summed E-state index contributed by atoms with van der Waals surface area (Å²) in [5.41, 5.74) is 3.10. The fraction of sp³-hybridized carbons (Fsp3) is 0.350. The molecule has 0 saturated heterocycles. The first-order chi connectivity index (χ1) is 11.5. The molecule has 4 heteroatoms. The SMILES string of the molecule is COc1ccc(C(=O)NCCc2ccc(C(C)C)cc2)cc1OC. The van der Waals surface area contributed by atoms with E-state index in [2.05, 4.69) is 43.4 Å². The molecule has 0 unspecified atom stereocenters. The summed E-state index contributed by atoms with van der Waals surface area (Å²) in [4.78, 5) is 12.2. The summed E-state index contributed by atoms with van der Waals surface area (Å²) in [5, 5.41) is 2.94. The number of hydrogen-bond acceptors (Lipinski definition) is 3. The summed E-state index contributed by atoms with van der Waals surface area (Å²) in [7, 11) is 3.13. The van der Waals surface area contributed by atoms with Gasteiger partial charge in [-0.1, -0.05) is 38.1 Å². The molecule has 0 aliphatic carbocycles. The van der Waals surface area contributed by atoms with Crippen molar-refractivity contribution in [3.8, 4) is 11.5 Å². The van der Waals surface area contributed by atoms with E-state index in [0.29, 0.717) is 29.5 Å². The Morgan fingerprint density at radius 3 is 2.25 bits per heavy atom. The molecule has 4 nitrogen and oxygen atoms in total. The van der Waals surface area contributed by atoms with Crippen molar-refractivity contribution >= 4 is 5.91 Å². The molecule has 24 heavy (non-hydrogen) atoms. The third-order valence-electron chi connectivity index (χ3n) is 3.99. The molecule has 0 atom stereocenters. The summed E-state index contributed by atoms with van der Waals surface area (Å²) in [6, 6.07) is 13.7. The summed E-state index contributed by atoms with van der Waals surface area (Å²) < 4.78 is 10.4. The minimum absolute atomic E-state index is 0.116. The molecule has 0 aromatic heterocycles. The normalized spacial score (nSPS) is 10.5. The number of benzene rings is 2. The van der Waals surface area contributed by atoms with E-state index in [1.165, 1.54) is 11.1 Å². The van der Waals surface area contributed by atoms with Gasteiger partial charge in [-0.25, -0.2) is 0 Å². The number of amides is 1. The first-order valence-corrected chi connectivity index (χ1v) is 8.14. The monoisotopic (exact) mass is 327 g/mol. The average Bonchev–Trinajstić information content (AvgIpc) is 2.61. The molecule has 0 fully saturated rings. The van der Waals surface area contributed by atoms with Crippen LogP contribution in [0.1, 0.15) is 41.3 Å². The Bertz CT molecular complexity index is 678. The Morgan fingerprint density at radius 2 is 1.67 bits per heavy atom. The number of carbonyl (C=O) groups excluding carboxylic acids is 1. The highest BCUT2D eigenvalue weighted by molar-refractivity contribution is 5.94. The van der Waals surface area contributed by atoms with Gasteiger partial charge >= 0.3 is 0 Å². The van der Waals surface area contributed by atoms with Crippen LogP contribution >= 0.6 is 0 Å². The zero-order valence-corrected chi connectivity index (χ0v) is 14.8. The van der Waals surface area contributed by atoms with E-state index in [1.807, 2.05) is 0 Å². The number of methoxy groups -OCH3 is 2. The molecule has 0 heterocycles. The van der Waals surface area contributed by atoms with E-state index in [1.54, 1.807) is 32.4 Å². The summed E-state index contributed by atoms with van der Waals surface area (Å²) in [5.74, 6) is 1.58. The van der Waals surface area contributed by atoms with Crippen LogP contribution in [-0.2, 0) is 6.42 Å². The quantitative estimate of drug-likeness (QED) is 0.841. The van der Waals surface area contributed by atoms with E-state index in [0.717, 1.165) is 6.42 Å². The summed E-state index contributed by atoms with van der Waals surface area (Å²) >= 11 is 0. The maximum Gasteiger partial charge on any atom is 0.251 e. The fourth-order valence-corrected chi connectivity index (χ4v) is 2.47. The number of hydrogen-bond donors (Lipinski definition) is 1. The Labute approximate surface area is 143 Å². The van der Waals surface area contributed by atoms with Crippen LogP contribution < -0.4 is 14.8 Å². The van der Waals surface area contributed by atoms with E-state index >= 15 is 0 Å². The van der Waals surface area contributed by atoms with Crippen molar-refractivity contribution in [1.82, 2.24) is 5.32 Å². The van der Waals surface area contributed by atoms with Crippen molar-refractivity contribution in [1.29, 1.82) is 0 Å². The second-order valence-corrected chi connectivity index (χ2v) is 5.97. The van der Waals surface area contributed by atoms with Crippen LogP contribution in [0.4, 0.5) is 0 Å². The molecule has 0 bridgehead atoms. The molecule has 2 aromatic carbocycles. The second-order valence-electron chi connectivity index (χ2n) is 5.97. The highest BCUT2D eigenvalue weighted by Gasteiger charge is 2.10. The van der Waals surface area contributed by atoms with Crippen molar-refractivity contribution in [2.75, 3.05) is 20.8 Å². The largest absolute Gasteiger partial charge is 0.493 e. The van der Waals surface area contributed by atoms with Crippen molar-refractivity contribution < 1.29 is 14.3 Å². The third-order valence-corrected chi connectivity index (χ3v) is 3.99. The third kappa shape index (κ3) is 4.51. The summed E-state index contributed by atoms with van der Waals surface area (Å²) in [6.07, 6.45) is 0.803. The van der Waals surface area contributed by atoms with Gasteiger partial charge in [0.25, 0.3) is 5.91 Å². The predicted octanol–water partition coefficient (Wildman–Crippen LogP) is 3.80. The predicted molar refractivity (Wildman–Crippen MR) is 96.1 cm³/mol. The Morgan fingerprint density at radius 1 is 1.00 bits per heavy atom. The van der Waals surface area contributed by atoms with Crippen LogP contribution in [0.25, 0.3) is 0 Å². The minimum Gasteiger partial charge on any atom is -0.493 e. The molecule has 1 N–H and O–H groups in total. The van der Waals surface area contributed by atoms with Gasteiger partial charge in [0.2, 0.25) is 0 Å². The molecular weight excluding hydrogens is 302 g/mol. The van der Waals surface area contributed by atoms with E-state index in [-0.39, 0.29) is 5.91 Å². The lowest BCUT2D eigenvalue weighted by molar-refractivity contribution is 0.0953. The smallest absolute Gasteiger partial charge is 0.251 e. The number of rotatable bonds is 7. The van der Waals surface area contributed by atoms with Gasteiger partial charge in [-0.05, 0) is 41.7 Å². The molecule has 0 spiro atoms. The van der Waals surface area contributed by atoms with Gasteiger partial charge < -0.3 is 14.8 Å². The maximum atomic E-state index is 12.2. The lowest BCUT2D eigenvalue weighted by Crippen LogP contribution is -2.25. The number of carbonyl (C=O) groups is 1. The van der Waals surface area contributed by atoms with Crippen LogP contribution in [0.5, 0.6) is 11.5 Å². The minimum atomic E-state index is -0.116. The second kappa shape index (κ2) is 8.39. The zero-order chi connectivity index (χ0) is 17.5. The first-order valence-electron chi connectivity index (χ1n) is 8.14. The molecule has 2 rings (SSSR count). The molecular formula is C20H25NO3. The van der Waals surface area contributed by atoms with Crippen molar-refractivity contribution in [3.63, 3.8) is 0 Å². The van der Waals surface area contributed by atoms with Crippen molar-refractivity contribution in [3.05, 3.63) is 59.2 Å². The van der Waals surface area contributed by atoms with Crippen LogP contribution in [0, 0.1) is 0 Å². The van der Waals surface area contributed by atoms with Gasteiger partial charge in [0, 0.05) is 12.1 Å². The van der Waals surface area contributed by atoms with Crippen LogP contribution in [0.15, 0.2) is 42.5 Å². The molecule has 128 valence electrons. The van der Waals surface area contributed by atoms with Crippen molar-refractivity contribution in [2.45, 2.75) is 26.2 Å². The Kier molecular flexibility index (Phi) is 6.24. The van der Waals surface area contributed by atoms with Gasteiger partial charge in [-0.2, -0.15) is 0 Å². The zero-order valence-electron chi connectivity index (χ0n) is 14.8. The van der Waals surface area contributed by atoms with Crippen LogP contribution in [0.2, 0.25) is 0 Å². The van der Waals surface area contributed by atoms with E-state index in [9.17, 15) is 4.79 Å². The lowest BCUT2D eigenvalue weighted by Gasteiger charge is -2.10. The van der Waals surface area contributed by atoms with Gasteiger partial charge in [0.05, 0.1) is 14.2 Å². The Balaban J connectivity index is 1.91. The lowest BCUT2D eigenvalue weighted by atomic mass is 10.0. The van der Waals surface area contributed by atoms with Crippen molar-refractivity contribution in [2.24, 2.45) is 0 Å². The topological polar surface area (TPSA) is 47.6 Å². The standard InChI is InChI=1S/C20H25NO3/c1-14(2)16-7-5-15(6-8-16)11-12-21-20(22)17-9-10-18(23-3)19(13-17)24-4/h5-10,13-14H,11-12H2,1-4H3,(H,21,22). The van der Waals surface area contributed by atoms with E-state index in [4.69, 9.17) is 9.47 Å². The molecule has 0 aliphatic heterocycles. The first kappa shape index (κ1) is 17.9. The molecule has 0 saturated carbocycles. The van der Waals surface area contributed by atoms with E-state index < -0.39 is 0 Å². The molecule has 0 aliphatic rings. The van der Waals surface area contributed by atoms with Gasteiger partial charge in [-0.15, -0.1) is 0 Å². The molecule has 1 amide bonds. The van der Waals surface area contributed by atoms with Crippen LogP contribution in [0.3, 0.4) is 0 Å². The number of nitrogens with one attached hydrogen (secondary N) is 1. The van der Waals surface area contributed by atoms with Gasteiger partial charge in [0.15, 0.2) is 11.5 Å². The molecule has 2 aromatic rings. The Hall–Kier alpha value is -2.49. The maximum absolute atomic E-state index is 12.2.